The molecule has 1 aliphatic rings. The number of benzene rings is 1. The van der Waals surface area contributed by atoms with Crippen molar-refractivity contribution in [1.29, 1.82) is 0 Å². The highest BCUT2D eigenvalue weighted by Gasteiger charge is 2.11. The maximum atomic E-state index is 6.14. The number of rotatable bonds is 9. The number of hydrogen-bond acceptors (Lipinski definition) is 4. The first-order valence-corrected chi connectivity index (χ1v) is 10.7. The van der Waals surface area contributed by atoms with E-state index in [0.717, 1.165) is 81.1 Å². The van der Waals surface area contributed by atoms with Gasteiger partial charge in [0.1, 0.15) is 5.76 Å². The number of halogens is 1. The Morgan fingerprint density at radius 1 is 1.24 bits per heavy atom. The molecule has 1 fully saturated rings. The van der Waals surface area contributed by atoms with Crippen LogP contribution in [0.4, 0.5) is 0 Å². The van der Waals surface area contributed by atoms with Gasteiger partial charge in [-0.2, -0.15) is 0 Å². The SMILES string of the molecule is CC(NC(=NCCCN1CCOCC1)NCCc1ccco1)c1cccc(Cl)c1. The van der Waals surface area contributed by atoms with Crippen molar-refractivity contribution in [2.75, 3.05) is 45.9 Å². The summed E-state index contributed by atoms with van der Waals surface area (Å²) in [6, 6.07) is 11.9. The average molecular weight is 419 g/mol. The molecule has 29 heavy (non-hydrogen) atoms. The maximum Gasteiger partial charge on any atom is 0.191 e. The van der Waals surface area contributed by atoms with Crippen LogP contribution in [-0.2, 0) is 11.2 Å². The van der Waals surface area contributed by atoms with Gasteiger partial charge >= 0.3 is 0 Å². The van der Waals surface area contributed by atoms with Crippen LogP contribution in [0.15, 0.2) is 52.1 Å². The molecular weight excluding hydrogens is 388 g/mol. The molecule has 0 radical (unpaired) electrons. The summed E-state index contributed by atoms with van der Waals surface area (Å²) in [6.07, 6.45) is 3.54. The summed E-state index contributed by atoms with van der Waals surface area (Å²) in [5.74, 6) is 1.78. The molecule has 158 valence electrons. The Kier molecular flexibility index (Phi) is 8.86. The predicted molar refractivity (Wildman–Crippen MR) is 118 cm³/mol. The first kappa shape index (κ1) is 21.7. The summed E-state index contributed by atoms with van der Waals surface area (Å²) < 4.78 is 10.8. The van der Waals surface area contributed by atoms with E-state index in [1.54, 1.807) is 6.26 Å². The van der Waals surface area contributed by atoms with Gasteiger partial charge in [-0.15, -0.1) is 0 Å². The molecule has 0 amide bonds. The maximum absolute atomic E-state index is 6.14. The van der Waals surface area contributed by atoms with Gasteiger partial charge in [0, 0.05) is 44.2 Å². The van der Waals surface area contributed by atoms with Crippen molar-refractivity contribution in [3.8, 4) is 0 Å². The molecule has 6 nitrogen and oxygen atoms in total. The van der Waals surface area contributed by atoms with Crippen LogP contribution in [0, 0.1) is 0 Å². The molecule has 2 aromatic rings. The van der Waals surface area contributed by atoms with Gasteiger partial charge in [-0.05, 0) is 43.2 Å². The van der Waals surface area contributed by atoms with Crippen molar-refractivity contribution in [2.24, 2.45) is 4.99 Å². The first-order chi connectivity index (χ1) is 14.2. The zero-order valence-corrected chi connectivity index (χ0v) is 17.8. The Bertz CT molecular complexity index is 745. The Labute approximate surface area is 178 Å². The number of aliphatic imine (C=N–C) groups is 1. The average Bonchev–Trinajstić information content (AvgIpc) is 3.25. The van der Waals surface area contributed by atoms with E-state index in [-0.39, 0.29) is 6.04 Å². The van der Waals surface area contributed by atoms with Crippen LogP contribution in [-0.4, -0.2) is 56.8 Å². The Balaban J connectivity index is 1.52. The van der Waals surface area contributed by atoms with Crippen molar-refractivity contribution in [3.05, 3.63) is 59.0 Å². The van der Waals surface area contributed by atoms with Crippen molar-refractivity contribution in [2.45, 2.75) is 25.8 Å². The lowest BCUT2D eigenvalue weighted by atomic mass is 10.1. The highest BCUT2D eigenvalue weighted by molar-refractivity contribution is 6.30. The largest absolute Gasteiger partial charge is 0.469 e. The first-order valence-electron chi connectivity index (χ1n) is 10.3. The summed E-state index contributed by atoms with van der Waals surface area (Å²) in [5, 5.41) is 7.66. The fourth-order valence-electron chi connectivity index (χ4n) is 3.29. The van der Waals surface area contributed by atoms with Crippen LogP contribution < -0.4 is 10.6 Å². The second kappa shape index (κ2) is 11.9. The van der Waals surface area contributed by atoms with E-state index >= 15 is 0 Å². The quantitative estimate of drug-likeness (QED) is 0.371. The molecule has 2 heterocycles. The molecule has 0 saturated carbocycles. The van der Waals surface area contributed by atoms with Gasteiger partial charge in [0.2, 0.25) is 0 Å². The molecule has 2 N–H and O–H groups in total. The van der Waals surface area contributed by atoms with Crippen LogP contribution >= 0.6 is 11.6 Å². The zero-order chi connectivity index (χ0) is 20.3. The van der Waals surface area contributed by atoms with Gasteiger partial charge in [0.25, 0.3) is 0 Å². The van der Waals surface area contributed by atoms with Gasteiger partial charge in [0.15, 0.2) is 5.96 Å². The fraction of sp³-hybridized carbons (Fsp3) is 0.500. The smallest absolute Gasteiger partial charge is 0.191 e. The van der Waals surface area contributed by atoms with E-state index in [4.69, 9.17) is 25.7 Å². The third-order valence-corrected chi connectivity index (χ3v) is 5.19. The van der Waals surface area contributed by atoms with Crippen molar-refractivity contribution >= 4 is 17.6 Å². The van der Waals surface area contributed by atoms with E-state index in [9.17, 15) is 0 Å². The molecule has 1 saturated heterocycles. The molecule has 3 rings (SSSR count). The van der Waals surface area contributed by atoms with Gasteiger partial charge in [0.05, 0.1) is 25.5 Å². The molecule has 1 atom stereocenters. The number of nitrogens with zero attached hydrogens (tertiary/aromatic N) is 2. The second-order valence-electron chi connectivity index (χ2n) is 7.22. The van der Waals surface area contributed by atoms with Crippen LogP contribution in [0.2, 0.25) is 5.02 Å². The third kappa shape index (κ3) is 7.72. The number of furan rings is 1. The van der Waals surface area contributed by atoms with Crippen molar-refractivity contribution in [1.82, 2.24) is 15.5 Å². The topological polar surface area (TPSA) is 62.0 Å². The highest BCUT2D eigenvalue weighted by atomic mass is 35.5. The monoisotopic (exact) mass is 418 g/mol. The third-order valence-electron chi connectivity index (χ3n) is 4.95. The molecule has 1 unspecified atom stereocenters. The summed E-state index contributed by atoms with van der Waals surface area (Å²) >= 11 is 6.14. The van der Waals surface area contributed by atoms with E-state index in [0.29, 0.717) is 0 Å². The van der Waals surface area contributed by atoms with E-state index in [1.807, 2.05) is 30.3 Å². The summed E-state index contributed by atoms with van der Waals surface area (Å²) in [6.45, 7) is 8.40. The minimum atomic E-state index is 0.0998. The Hall–Kier alpha value is -2.02. The lowest BCUT2D eigenvalue weighted by Gasteiger charge is -2.26. The molecule has 0 spiro atoms. The summed E-state index contributed by atoms with van der Waals surface area (Å²) in [5.41, 5.74) is 1.13. The van der Waals surface area contributed by atoms with Crippen LogP contribution in [0.3, 0.4) is 0 Å². The predicted octanol–water partition coefficient (Wildman–Crippen LogP) is 3.49. The van der Waals surface area contributed by atoms with Gasteiger partial charge < -0.3 is 19.8 Å². The Morgan fingerprint density at radius 2 is 2.10 bits per heavy atom. The van der Waals surface area contributed by atoms with Crippen molar-refractivity contribution in [3.63, 3.8) is 0 Å². The molecule has 1 aromatic heterocycles. The highest BCUT2D eigenvalue weighted by Crippen LogP contribution is 2.17. The lowest BCUT2D eigenvalue weighted by molar-refractivity contribution is 0.0377. The van der Waals surface area contributed by atoms with Crippen LogP contribution in [0.1, 0.15) is 30.7 Å². The van der Waals surface area contributed by atoms with Crippen molar-refractivity contribution < 1.29 is 9.15 Å². The molecule has 0 aliphatic carbocycles. The molecule has 1 aromatic carbocycles. The van der Waals surface area contributed by atoms with Gasteiger partial charge in [-0.25, -0.2) is 0 Å². The summed E-state index contributed by atoms with van der Waals surface area (Å²) in [7, 11) is 0. The van der Waals surface area contributed by atoms with E-state index in [1.165, 1.54) is 0 Å². The molecule has 0 bridgehead atoms. The minimum Gasteiger partial charge on any atom is -0.469 e. The van der Waals surface area contributed by atoms with Crippen LogP contribution in [0.25, 0.3) is 0 Å². The molecular formula is C22H31ClN4O2. The number of morpholine rings is 1. The molecule has 7 heteroatoms. The Morgan fingerprint density at radius 3 is 2.86 bits per heavy atom. The summed E-state index contributed by atoms with van der Waals surface area (Å²) in [4.78, 5) is 7.22. The number of ether oxygens (including phenoxy) is 1. The van der Waals surface area contributed by atoms with Crippen LogP contribution in [0.5, 0.6) is 0 Å². The number of guanidine groups is 1. The number of hydrogen-bond donors (Lipinski definition) is 2. The second-order valence-corrected chi connectivity index (χ2v) is 7.65. The van der Waals surface area contributed by atoms with Gasteiger partial charge in [-0.3, -0.25) is 9.89 Å². The fourth-order valence-corrected chi connectivity index (χ4v) is 3.48. The van der Waals surface area contributed by atoms with Gasteiger partial charge in [-0.1, -0.05) is 23.7 Å². The standard InChI is InChI=1S/C22H31ClN4O2/c1-18(19-5-2-6-20(23)17-19)26-22(25-10-8-21-7-3-14-29-21)24-9-4-11-27-12-15-28-16-13-27/h2-3,5-7,14,17-18H,4,8-13,15-16H2,1H3,(H2,24,25,26). The minimum absolute atomic E-state index is 0.0998. The number of nitrogens with one attached hydrogen (secondary N) is 2. The van der Waals surface area contributed by atoms with E-state index in [2.05, 4.69) is 28.5 Å². The van der Waals surface area contributed by atoms with E-state index < -0.39 is 0 Å². The normalized spacial score (nSPS) is 16.6. The zero-order valence-electron chi connectivity index (χ0n) is 17.1. The lowest BCUT2D eigenvalue weighted by Crippen LogP contribution is -2.40. The molecule has 1 aliphatic heterocycles.